The van der Waals surface area contributed by atoms with Crippen LogP contribution >= 0.6 is 0 Å². The number of nitrogens with one attached hydrogen (secondary N) is 1. The summed E-state index contributed by atoms with van der Waals surface area (Å²) in [5.74, 6) is 1.59. The first-order valence-corrected chi connectivity index (χ1v) is 9.15. The van der Waals surface area contributed by atoms with Crippen LogP contribution in [0.15, 0.2) is 24.7 Å². The number of nitrogens with zero attached hydrogens (tertiary/aromatic N) is 4. The SMILES string of the molecule is Cc1[nH]ccc1C(=O)N1CCC[C@@H](c2nccn2CCCN(C)C)C1. The number of carbonyl (C=O) groups is 1. The van der Waals surface area contributed by atoms with Crippen LogP contribution in [0.5, 0.6) is 0 Å². The largest absolute Gasteiger partial charge is 0.365 e. The Morgan fingerprint density at radius 2 is 2.28 bits per heavy atom. The van der Waals surface area contributed by atoms with Crippen molar-refractivity contribution in [3.63, 3.8) is 0 Å². The van der Waals surface area contributed by atoms with E-state index < -0.39 is 0 Å². The fourth-order valence-electron chi connectivity index (χ4n) is 3.65. The van der Waals surface area contributed by atoms with E-state index in [0.29, 0.717) is 5.92 Å². The van der Waals surface area contributed by atoms with Crippen LogP contribution in [0.1, 0.15) is 47.1 Å². The highest BCUT2D eigenvalue weighted by molar-refractivity contribution is 5.95. The Kier molecular flexibility index (Phi) is 5.58. The molecule has 2 aromatic heterocycles. The van der Waals surface area contributed by atoms with E-state index in [2.05, 4.69) is 39.7 Å². The summed E-state index contributed by atoms with van der Waals surface area (Å²) in [7, 11) is 4.20. The molecule has 0 unspecified atom stereocenters. The molecular formula is C19H29N5O. The van der Waals surface area contributed by atoms with E-state index in [4.69, 9.17) is 0 Å². The van der Waals surface area contributed by atoms with Crippen molar-refractivity contribution in [3.05, 3.63) is 41.7 Å². The maximum atomic E-state index is 12.8. The highest BCUT2D eigenvalue weighted by Gasteiger charge is 2.28. The third-order valence-corrected chi connectivity index (χ3v) is 5.01. The molecule has 1 saturated heterocycles. The van der Waals surface area contributed by atoms with Gasteiger partial charge in [0.25, 0.3) is 5.91 Å². The van der Waals surface area contributed by atoms with Crippen LogP contribution in [-0.2, 0) is 6.54 Å². The monoisotopic (exact) mass is 343 g/mol. The number of aromatic amines is 1. The fraction of sp³-hybridized carbons (Fsp3) is 0.579. The summed E-state index contributed by atoms with van der Waals surface area (Å²) in [6.07, 6.45) is 9.03. The molecule has 6 heteroatoms. The second-order valence-corrected chi connectivity index (χ2v) is 7.24. The second kappa shape index (κ2) is 7.87. The molecule has 1 fully saturated rings. The van der Waals surface area contributed by atoms with Crippen molar-refractivity contribution < 1.29 is 4.79 Å². The molecule has 1 atom stereocenters. The molecule has 3 rings (SSSR count). The van der Waals surface area contributed by atoms with Crippen molar-refractivity contribution in [2.24, 2.45) is 0 Å². The highest BCUT2D eigenvalue weighted by atomic mass is 16.2. The van der Waals surface area contributed by atoms with Gasteiger partial charge in [0.05, 0.1) is 5.56 Å². The molecule has 136 valence electrons. The summed E-state index contributed by atoms with van der Waals surface area (Å²) in [5, 5.41) is 0. The number of piperidine rings is 1. The van der Waals surface area contributed by atoms with Gasteiger partial charge in [0.1, 0.15) is 5.82 Å². The first-order valence-electron chi connectivity index (χ1n) is 9.15. The molecule has 0 aliphatic carbocycles. The zero-order chi connectivity index (χ0) is 17.8. The normalized spacial score (nSPS) is 18.1. The highest BCUT2D eigenvalue weighted by Crippen LogP contribution is 2.27. The van der Waals surface area contributed by atoms with Crippen LogP contribution in [0.2, 0.25) is 0 Å². The van der Waals surface area contributed by atoms with Crippen LogP contribution < -0.4 is 0 Å². The zero-order valence-corrected chi connectivity index (χ0v) is 15.5. The van der Waals surface area contributed by atoms with Gasteiger partial charge in [-0.1, -0.05) is 0 Å². The van der Waals surface area contributed by atoms with Gasteiger partial charge in [-0.25, -0.2) is 4.98 Å². The second-order valence-electron chi connectivity index (χ2n) is 7.24. The minimum absolute atomic E-state index is 0.133. The van der Waals surface area contributed by atoms with E-state index in [1.54, 1.807) is 0 Å². The molecule has 1 aliphatic heterocycles. The fourth-order valence-corrected chi connectivity index (χ4v) is 3.65. The number of hydrogen-bond donors (Lipinski definition) is 1. The Balaban J connectivity index is 1.67. The molecule has 0 bridgehead atoms. The van der Waals surface area contributed by atoms with Crippen LogP contribution in [-0.4, -0.2) is 64.0 Å². The number of imidazole rings is 1. The third-order valence-electron chi connectivity index (χ3n) is 5.01. The minimum atomic E-state index is 0.133. The Labute approximate surface area is 149 Å². The predicted octanol–water partition coefficient (Wildman–Crippen LogP) is 2.49. The molecule has 0 aromatic carbocycles. The van der Waals surface area contributed by atoms with Crippen LogP contribution in [0.4, 0.5) is 0 Å². The van der Waals surface area contributed by atoms with Crippen molar-refractivity contribution in [1.29, 1.82) is 0 Å². The van der Waals surface area contributed by atoms with Gasteiger partial charge in [0, 0.05) is 49.8 Å². The van der Waals surface area contributed by atoms with Crippen LogP contribution in [0.25, 0.3) is 0 Å². The first kappa shape index (κ1) is 17.7. The third kappa shape index (κ3) is 4.12. The first-order chi connectivity index (χ1) is 12.1. The Bertz CT molecular complexity index is 702. The number of amides is 1. The van der Waals surface area contributed by atoms with Crippen molar-refractivity contribution in [1.82, 2.24) is 24.3 Å². The Hall–Kier alpha value is -2.08. The van der Waals surface area contributed by atoms with Gasteiger partial charge in [-0.2, -0.15) is 0 Å². The summed E-state index contributed by atoms with van der Waals surface area (Å²) in [6, 6.07) is 1.88. The van der Waals surface area contributed by atoms with E-state index in [9.17, 15) is 4.79 Å². The number of rotatable bonds is 6. The van der Waals surface area contributed by atoms with Gasteiger partial charge in [-0.15, -0.1) is 0 Å². The van der Waals surface area contributed by atoms with Crippen molar-refractivity contribution >= 4 is 5.91 Å². The van der Waals surface area contributed by atoms with E-state index in [1.165, 1.54) is 0 Å². The molecule has 2 aromatic rings. The lowest BCUT2D eigenvalue weighted by molar-refractivity contribution is 0.0702. The lowest BCUT2D eigenvalue weighted by Gasteiger charge is -2.32. The zero-order valence-electron chi connectivity index (χ0n) is 15.5. The van der Waals surface area contributed by atoms with Crippen LogP contribution in [0, 0.1) is 6.92 Å². The summed E-state index contributed by atoms with van der Waals surface area (Å²) in [5.41, 5.74) is 1.73. The average molecular weight is 343 g/mol. The summed E-state index contributed by atoms with van der Waals surface area (Å²) < 4.78 is 2.27. The molecule has 0 radical (unpaired) electrons. The lowest BCUT2D eigenvalue weighted by Crippen LogP contribution is -2.40. The van der Waals surface area contributed by atoms with Crippen molar-refractivity contribution in [3.8, 4) is 0 Å². The van der Waals surface area contributed by atoms with Gasteiger partial charge in [0.2, 0.25) is 0 Å². The maximum Gasteiger partial charge on any atom is 0.255 e. The van der Waals surface area contributed by atoms with Gasteiger partial charge >= 0.3 is 0 Å². The maximum absolute atomic E-state index is 12.8. The minimum Gasteiger partial charge on any atom is -0.365 e. The summed E-state index contributed by atoms with van der Waals surface area (Å²) in [6.45, 7) is 5.59. The molecule has 25 heavy (non-hydrogen) atoms. The van der Waals surface area contributed by atoms with E-state index in [1.807, 2.05) is 30.3 Å². The summed E-state index contributed by atoms with van der Waals surface area (Å²) >= 11 is 0. The number of carbonyl (C=O) groups excluding carboxylic acids is 1. The number of aryl methyl sites for hydroxylation is 2. The number of hydrogen-bond acceptors (Lipinski definition) is 3. The van der Waals surface area contributed by atoms with E-state index in [-0.39, 0.29) is 5.91 Å². The van der Waals surface area contributed by atoms with E-state index >= 15 is 0 Å². The molecule has 3 heterocycles. The van der Waals surface area contributed by atoms with Crippen molar-refractivity contribution in [2.45, 2.75) is 38.6 Å². The molecule has 1 aliphatic rings. The van der Waals surface area contributed by atoms with Gasteiger partial charge < -0.3 is 19.4 Å². The topological polar surface area (TPSA) is 57.2 Å². The standard InChI is InChI=1S/C19H29N5O/c1-15-17(7-8-20-15)19(25)24-11-4-6-16(14-24)18-21-9-13-23(18)12-5-10-22(2)3/h7-9,13,16,20H,4-6,10-12,14H2,1-3H3/t16-/m1/s1. The van der Waals surface area contributed by atoms with Crippen LogP contribution in [0.3, 0.4) is 0 Å². The smallest absolute Gasteiger partial charge is 0.255 e. The number of aromatic nitrogens is 3. The Morgan fingerprint density at radius 1 is 1.44 bits per heavy atom. The molecule has 6 nitrogen and oxygen atoms in total. The number of likely N-dealkylation sites (tertiary alicyclic amines) is 1. The average Bonchev–Trinajstić information content (AvgIpc) is 3.23. The summed E-state index contributed by atoms with van der Waals surface area (Å²) in [4.78, 5) is 24.7. The molecule has 0 spiro atoms. The Morgan fingerprint density at radius 3 is 3.00 bits per heavy atom. The number of H-pyrrole nitrogens is 1. The van der Waals surface area contributed by atoms with Gasteiger partial charge in [-0.3, -0.25) is 4.79 Å². The van der Waals surface area contributed by atoms with Crippen molar-refractivity contribution in [2.75, 3.05) is 33.7 Å². The molecular weight excluding hydrogens is 314 g/mol. The van der Waals surface area contributed by atoms with Gasteiger partial charge in [0.15, 0.2) is 0 Å². The van der Waals surface area contributed by atoms with E-state index in [0.717, 1.165) is 62.5 Å². The predicted molar refractivity (Wildman–Crippen MR) is 98.8 cm³/mol. The van der Waals surface area contributed by atoms with Gasteiger partial charge in [-0.05, 0) is 52.9 Å². The quantitative estimate of drug-likeness (QED) is 0.877. The molecule has 1 N–H and O–H groups in total. The molecule has 0 saturated carbocycles. The molecule has 1 amide bonds. The lowest BCUT2D eigenvalue weighted by atomic mass is 9.96.